The summed E-state index contributed by atoms with van der Waals surface area (Å²) in [7, 11) is 1.73. The Hall–Kier alpha value is -1.61. The molecule has 1 atom stereocenters. The van der Waals surface area contributed by atoms with E-state index in [4.69, 9.17) is 4.74 Å². The number of hydrogen-bond acceptors (Lipinski definition) is 3. The highest BCUT2D eigenvalue weighted by Crippen LogP contribution is 2.17. The van der Waals surface area contributed by atoms with Gasteiger partial charge >= 0.3 is 0 Å². The Balaban J connectivity index is 2.04. The fraction of sp³-hybridized carbons (Fsp3) is 0.357. The van der Waals surface area contributed by atoms with Crippen molar-refractivity contribution in [2.75, 3.05) is 25.6 Å². The number of benzene rings is 1. The third kappa shape index (κ3) is 3.17. The van der Waals surface area contributed by atoms with Crippen LogP contribution in [0, 0.1) is 5.92 Å². The monoisotopic (exact) mass is 230 g/mol. The number of pyridine rings is 1. The van der Waals surface area contributed by atoms with E-state index in [-0.39, 0.29) is 0 Å². The highest BCUT2D eigenvalue weighted by molar-refractivity contribution is 5.82. The van der Waals surface area contributed by atoms with Gasteiger partial charge in [-0.2, -0.15) is 0 Å². The predicted molar refractivity (Wildman–Crippen MR) is 71.3 cm³/mol. The van der Waals surface area contributed by atoms with Gasteiger partial charge in [-0.1, -0.05) is 13.0 Å². The molecule has 17 heavy (non-hydrogen) atoms. The molecule has 0 saturated carbocycles. The second kappa shape index (κ2) is 5.64. The van der Waals surface area contributed by atoms with Crippen molar-refractivity contribution < 1.29 is 4.74 Å². The lowest BCUT2D eigenvalue weighted by Gasteiger charge is -2.12. The maximum Gasteiger partial charge on any atom is 0.0703 e. The molecule has 1 N–H and O–H groups in total. The molecule has 0 radical (unpaired) electrons. The molecule has 0 aliphatic heterocycles. The number of hydrogen-bond donors (Lipinski definition) is 1. The Bertz CT molecular complexity index is 484. The SMILES string of the molecule is COCC(C)CNc1ccc2ncccc2c1. The Morgan fingerprint density at radius 3 is 3.06 bits per heavy atom. The van der Waals surface area contributed by atoms with E-state index < -0.39 is 0 Å². The summed E-state index contributed by atoms with van der Waals surface area (Å²) in [5.41, 5.74) is 2.16. The van der Waals surface area contributed by atoms with E-state index in [0.29, 0.717) is 5.92 Å². The van der Waals surface area contributed by atoms with Crippen LogP contribution in [0.3, 0.4) is 0 Å². The van der Waals surface area contributed by atoms with Gasteiger partial charge < -0.3 is 10.1 Å². The van der Waals surface area contributed by atoms with Crippen molar-refractivity contribution in [2.24, 2.45) is 5.92 Å². The van der Waals surface area contributed by atoms with Crippen LogP contribution in [-0.2, 0) is 4.74 Å². The van der Waals surface area contributed by atoms with E-state index in [9.17, 15) is 0 Å². The van der Waals surface area contributed by atoms with Gasteiger partial charge in [0.2, 0.25) is 0 Å². The minimum absolute atomic E-state index is 0.504. The summed E-state index contributed by atoms with van der Waals surface area (Å²) in [6.45, 7) is 3.86. The first kappa shape index (κ1) is 11.9. The third-order valence-corrected chi connectivity index (χ3v) is 2.71. The number of ether oxygens (including phenoxy) is 1. The lowest BCUT2D eigenvalue weighted by molar-refractivity contribution is 0.164. The van der Waals surface area contributed by atoms with Crippen molar-refractivity contribution in [3.63, 3.8) is 0 Å². The number of aromatic nitrogens is 1. The molecular weight excluding hydrogens is 212 g/mol. The molecule has 0 fully saturated rings. The zero-order valence-electron chi connectivity index (χ0n) is 10.3. The molecule has 3 heteroatoms. The third-order valence-electron chi connectivity index (χ3n) is 2.71. The van der Waals surface area contributed by atoms with Gasteiger partial charge in [-0.3, -0.25) is 4.98 Å². The van der Waals surface area contributed by atoms with Crippen molar-refractivity contribution in [1.82, 2.24) is 4.98 Å². The Morgan fingerprint density at radius 2 is 2.24 bits per heavy atom. The lowest BCUT2D eigenvalue weighted by Crippen LogP contribution is -2.15. The molecular formula is C14H18N2O. The summed E-state index contributed by atoms with van der Waals surface area (Å²) < 4.78 is 5.11. The Morgan fingerprint density at radius 1 is 1.35 bits per heavy atom. The second-order valence-corrected chi connectivity index (χ2v) is 4.35. The Kier molecular flexibility index (Phi) is 3.94. The van der Waals surface area contributed by atoms with Gasteiger partial charge in [0.25, 0.3) is 0 Å². The van der Waals surface area contributed by atoms with Crippen LogP contribution in [0.15, 0.2) is 36.5 Å². The zero-order chi connectivity index (χ0) is 12.1. The molecule has 3 nitrogen and oxygen atoms in total. The second-order valence-electron chi connectivity index (χ2n) is 4.35. The molecule has 0 amide bonds. The summed E-state index contributed by atoms with van der Waals surface area (Å²) >= 11 is 0. The molecule has 0 aliphatic rings. The average Bonchev–Trinajstić information content (AvgIpc) is 2.36. The topological polar surface area (TPSA) is 34.1 Å². The number of methoxy groups -OCH3 is 1. The largest absolute Gasteiger partial charge is 0.385 e. The van der Waals surface area contributed by atoms with Crippen molar-refractivity contribution >= 4 is 16.6 Å². The molecule has 0 bridgehead atoms. The smallest absolute Gasteiger partial charge is 0.0703 e. The summed E-state index contributed by atoms with van der Waals surface area (Å²) in [4.78, 5) is 4.30. The first-order valence-electron chi connectivity index (χ1n) is 5.87. The fourth-order valence-electron chi connectivity index (χ4n) is 1.82. The van der Waals surface area contributed by atoms with E-state index >= 15 is 0 Å². The van der Waals surface area contributed by atoms with Gasteiger partial charge in [-0.05, 0) is 30.2 Å². The van der Waals surface area contributed by atoms with Crippen LogP contribution in [0.4, 0.5) is 5.69 Å². The number of anilines is 1. The lowest BCUT2D eigenvalue weighted by atomic mass is 10.1. The van der Waals surface area contributed by atoms with Gasteiger partial charge in [0.05, 0.1) is 12.1 Å². The van der Waals surface area contributed by atoms with Crippen LogP contribution in [-0.4, -0.2) is 25.2 Å². The predicted octanol–water partition coefficient (Wildman–Crippen LogP) is 2.93. The zero-order valence-corrected chi connectivity index (χ0v) is 10.3. The first-order chi connectivity index (χ1) is 8.29. The van der Waals surface area contributed by atoms with Gasteiger partial charge in [0.15, 0.2) is 0 Å². The molecule has 0 spiro atoms. The van der Waals surface area contributed by atoms with Gasteiger partial charge in [-0.25, -0.2) is 0 Å². The van der Waals surface area contributed by atoms with Crippen molar-refractivity contribution in [3.8, 4) is 0 Å². The molecule has 1 aromatic carbocycles. The van der Waals surface area contributed by atoms with Crippen LogP contribution >= 0.6 is 0 Å². The maximum absolute atomic E-state index is 5.11. The van der Waals surface area contributed by atoms with Crippen LogP contribution < -0.4 is 5.32 Å². The van der Waals surface area contributed by atoms with E-state index in [1.165, 1.54) is 0 Å². The molecule has 0 aliphatic carbocycles. The van der Waals surface area contributed by atoms with E-state index in [0.717, 1.165) is 29.7 Å². The van der Waals surface area contributed by atoms with E-state index in [1.807, 2.05) is 18.3 Å². The quantitative estimate of drug-likeness (QED) is 0.857. The molecule has 2 rings (SSSR count). The van der Waals surface area contributed by atoms with E-state index in [2.05, 4.69) is 35.4 Å². The number of nitrogens with zero attached hydrogens (tertiary/aromatic N) is 1. The minimum atomic E-state index is 0.504. The molecule has 1 unspecified atom stereocenters. The summed E-state index contributed by atoms with van der Waals surface area (Å²) in [5, 5.41) is 4.58. The Labute approximate surface area is 102 Å². The molecule has 2 aromatic rings. The minimum Gasteiger partial charge on any atom is -0.385 e. The first-order valence-corrected chi connectivity index (χ1v) is 5.87. The van der Waals surface area contributed by atoms with Crippen molar-refractivity contribution in [2.45, 2.75) is 6.92 Å². The van der Waals surface area contributed by atoms with Crippen LogP contribution in [0.1, 0.15) is 6.92 Å². The van der Waals surface area contributed by atoms with Gasteiger partial charge in [0, 0.05) is 30.9 Å². The number of nitrogens with one attached hydrogen (secondary N) is 1. The number of rotatable bonds is 5. The highest BCUT2D eigenvalue weighted by atomic mass is 16.5. The maximum atomic E-state index is 5.11. The molecule has 1 aromatic heterocycles. The van der Waals surface area contributed by atoms with Crippen LogP contribution in [0.2, 0.25) is 0 Å². The van der Waals surface area contributed by atoms with Crippen molar-refractivity contribution in [1.29, 1.82) is 0 Å². The normalized spacial score (nSPS) is 12.6. The van der Waals surface area contributed by atoms with Crippen molar-refractivity contribution in [3.05, 3.63) is 36.5 Å². The van der Waals surface area contributed by atoms with Crippen LogP contribution in [0.5, 0.6) is 0 Å². The summed E-state index contributed by atoms with van der Waals surface area (Å²) in [6.07, 6.45) is 1.82. The summed E-state index contributed by atoms with van der Waals surface area (Å²) in [5.74, 6) is 0.504. The van der Waals surface area contributed by atoms with Gasteiger partial charge in [-0.15, -0.1) is 0 Å². The molecule has 90 valence electrons. The van der Waals surface area contributed by atoms with E-state index in [1.54, 1.807) is 7.11 Å². The fourth-order valence-corrected chi connectivity index (χ4v) is 1.82. The molecule has 1 heterocycles. The average molecular weight is 230 g/mol. The highest BCUT2D eigenvalue weighted by Gasteiger charge is 2.01. The van der Waals surface area contributed by atoms with Crippen LogP contribution in [0.25, 0.3) is 10.9 Å². The summed E-state index contributed by atoms with van der Waals surface area (Å²) in [6, 6.07) is 10.3. The standard InChI is InChI=1S/C14H18N2O/c1-11(10-17-2)9-16-13-5-6-14-12(8-13)4-3-7-15-14/h3-8,11,16H,9-10H2,1-2H3. The number of fused-ring (bicyclic) bond motifs is 1. The molecule has 0 saturated heterocycles. The van der Waals surface area contributed by atoms with Gasteiger partial charge in [0.1, 0.15) is 0 Å².